The minimum absolute atomic E-state index is 0.286. The van der Waals surface area contributed by atoms with Crippen LogP contribution in [0.3, 0.4) is 0 Å². The molecule has 1 aliphatic heterocycles. The summed E-state index contributed by atoms with van der Waals surface area (Å²) in [7, 11) is 5.80. The third kappa shape index (κ3) is 3.58. The van der Waals surface area contributed by atoms with E-state index in [0.29, 0.717) is 29.1 Å². The molecule has 3 aromatic rings. The van der Waals surface area contributed by atoms with Crippen molar-refractivity contribution in [3.8, 4) is 17.2 Å². The Labute approximate surface area is 169 Å². The first-order chi connectivity index (χ1) is 14.0. The van der Waals surface area contributed by atoms with Crippen LogP contribution in [0.4, 0.5) is 5.82 Å². The summed E-state index contributed by atoms with van der Waals surface area (Å²) in [5, 5.41) is 0.510. The normalized spacial score (nSPS) is 16.7. The number of likely N-dealkylation sites (N-methyl/N-ethyl adjacent to an activating group) is 1. The second kappa shape index (κ2) is 7.83. The van der Waals surface area contributed by atoms with Gasteiger partial charge in [-0.3, -0.25) is 0 Å². The van der Waals surface area contributed by atoms with Gasteiger partial charge in [-0.15, -0.1) is 0 Å². The molecule has 7 nitrogen and oxygen atoms in total. The van der Waals surface area contributed by atoms with Crippen LogP contribution in [0, 0.1) is 0 Å². The number of anilines is 1. The van der Waals surface area contributed by atoms with E-state index in [4.69, 9.17) is 9.15 Å². The van der Waals surface area contributed by atoms with Crippen molar-refractivity contribution >= 4 is 16.7 Å². The molecule has 29 heavy (non-hydrogen) atoms. The Kier molecular flexibility index (Phi) is 5.24. The number of benzene rings is 1. The van der Waals surface area contributed by atoms with Crippen molar-refractivity contribution < 1.29 is 9.15 Å². The molecule has 1 atom stereocenters. The Hall–Kier alpha value is -2.93. The molecular weight excluding hydrogens is 368 g/mol. The number of rotatable bonds is 5. The maximum Gasteiger partial charge on any atom is 0.347 e. The van der Waals surface area contributed by atoms with E-state index in [1.807, 2.05) is 25.1 Å². The topological polar surface area (TPSA) is 71.7 Å². The minimum Gasteiger partial charge on any atom is -0.497 e. The van der Waals surface area contributed by atoms with Gasteiger partial charge in [0.2, 0.25) is 5.89 Å². The first kappa shape index (κ1) is 19.4. The van der Waals surface area contributed by atoms with Gasteiger partial charge >= 0.3 is 5.63 Å². The lowest BCUT2D eigenvalue weighted by Crippen LogP contribution is -2.31. The van der Waals surface area contributed by atoms with E-state index in [1.165, 1.54) is 0 Å². The van der Waals surface area contributed by atoms with E-state index in [-0.39, 0.29) is 11.5 Å². The molecule has 4 rings (SSSR count). The summed E-state index contributed by atoms with van der Waals surface area (Å²) in [6.45, 7) is 3.77. The molecule has 0 spiro atoms. The van der Waals surface area contributed by atoms with Gasteiger partial charge in [0.1, 0.15) is 11.6 Å². The Morgan fingerprint density at radius 3 is 2.86 bits per heavy atom. The molecule has 0 N–H and O–H groups in total. The number of hydrogen-bond acceptors (Lipinski definition) is 7. The maximum atomic E-state index is 12.8. The van der Waals surface area contributed by atoms with Gasteiger partial charge in [0.15, 0.2) is 0 Å². The van der Waals surface area contributed by atoms with Crippen molar-refractivity contribution in [1.29, 1.82) is 0 Å². The lowest BCUT2D eigenvalue weighted by molar-refractivity contribution is 0.315. The monoisotopic (exact) mass is 394 g/mol. The van der Waals surface area contributed by atoms with Crippen molar-refractivity contribution in [1.82, 2.24) is 14.9 Å². The van der Waals surface area contributed by atoms with Crippen molar-refractivity contribution in [3.05, 3.63) is 46.4 Å². The fourth-order valence-corrected chi connectivity index (χ4v) is 3.94. The van der Waals surface area contributed by atoms with Crippen LogP contribution >= 0.6 is 0 Å². The Bertz CT molecular complexity index is 1090. The van der Waals surface area contributed by atoms with E-state index in [2.05, 4.69) is 33.9 Å². The zero-order chi connectivity index (χ0) is 20.5. The van der Waals surface area contributed by atoms with Crippen LogP contribution in [0.1, 0.15) is 18.9 Å². The predicted octanol–water partition coefficient (Wildman–Crippen LogP) is 2.96. The average molecular weight is 394 g/mol. The fraction of sp³-hybridized carbons (Fsp3) is 0.409. The van der Waals surface area contributed by atoms with E-state index in [0.717, 1.165) is 36.5 Å². The summed E-state index contributed by atoms with van der Waals surface area (Å²) in [5.74, 6) is 1.76. The molecule has 0 saturated carbocycles. The third-order valence-corrected chi connectivity index (χ3v) is 5.62. The Morgan fingerprint density at radius 1 is 1.34 bits per heavy atom. The first-order valence-electron chi connectivity index (χ1n) is 9.90. The van der Waals surface area contributed by atoms with Crippen LogP contribution in [0.2, 0.25) is 0 Å². The van der Waals surface area contributed by atoms with Crippen molar-refractivity contribution in [2.75, 3.05) is 39.2 Å². The molecule has 2 aromatic heterocycles. The highest BCUT2D eigenvalue weighted by molar-refractivity contribution is 5.84. The van der Waals surface area contributed by atoms with E-state index < -0.39 is 0 Å². The molecule has 0 amide bonds. The molecule has 0 aliphatic carbocycles. The molecule has 1 saturated heterocycles. The van der Waals surface area contributed by atoms with E-state index in [9.17, 15) is 4.79 Å². The third-order valence-electron chi connectivity index (χ3n) is 5.62. The standard InChI is InChI=1S/C22H26N4O3/c1-5-14-11-16(28-4)12-18-19(14)22(27)29-21(24-18)17-7-6-9-23-20(17)26-10-8-15(13-26)25(2)3/h6-7,9,11-12,15H,5,8,10,13H2,1-4H3/t15-/m1/s1. The molecule has 0 bridgehead atoms. The fourth-order valence-electron chi connectivity index (χ4n) is 3.94. The highest BCUT2D eigenvalue weighted by Gasteiger charge is 2.27. The summed E-state index contributed by atoms with van der Waals surface area (Å²) in [4.78, 5) is 26.6. The number of hydrogen-bond donors (Lipinski definition) is 0. The maximum absolute atomic E-state index is 12.8. The number of fused-ring (bicyclic) bond motifs is 1. The molecule has 1 aromatic carbocycles. The average Bonchev–Trinajstić information content (AvgIpc) is 3.23. The van der Waals surface area contributed by atoms with Crippen LogP contribution in [-0.4, -0.2) is 55.2 Å². The van der Waals surface area contributed by atoms with Gasteiger partial charge in [0.25, 0.3) is 0 Å². The van der Waals surface area contributed by atoms with Gasteiger partial charge in [-0.05, 0) is 50.7 Å². The van der Waals surface area contributed by atoms with Gasteiger partial charge in [-0.1, -0.05) is 6.92 Å². The molecular formula is C22H26N4O3. The van der Waals surface area contributed by atoms with Gasteiger partial charge < -0.3 is 19.0 Å². The van der Waals surface area contributed by atoms with Crippen molar-refractivity contribution in [2.45, 2.75) is 25.8 Å². The summed E-state index contributed by atoms with van der Waals surface area (Å²) in [6.07, 6.45) is 3.52. The van der Waals surface area contributed by atoms with Gasteiger partial charge in [0, 0.05) is 31.4 Å². The SMILES string of the molecule is CCc1cc(OC)cc2nc(-c3cccnc3N3CC[C@@H](N(C)C)C3)oc(=O)c12. The molecule has 0 radical (unpaired) electrons. The molecule has 7 heteroatoms. The van der Waals surface area contributed by atoms with Crippen LogP contribution in [0.15, 0.2) is 39.7 Å². The zero-order valence-corrected chi connectivity index (χ0v) is 17.3. The number of nitrogens with zero attached hydrogens (tertiary/aromatic N) is 4. The van der Waals surface area contributed by atoms with Gasteiger partial charge in [0.05, 0.1) is 23.6 Å². The molecule has 3 heterocycles. The summed E-state index contributed by atoms with van der Waals surface area (Å²) in [6, 6.07) is 7.86. The molecule has 0 unspecified atom stereocenters. The highest BCUT2D eigenvalue weighted by atomic mass is 16.5. The van der Waals surface area contributed by atoms with E-state index in [1.54, 1.807) is 19.4 Å². The second-order valence-electron chi connectivity index (χ2n) is 7.57. The van der Waals surface area contributed by atoms with Crippen LogP contribution < -0.4 is 15.3 Å². The minimum atomic E-state index is -0.383. The smallest absolute Gasteiger partial charge is 0.347 e. The quantitative estimate of drug-likeness (QED) is 0.659. The Balaban J connectivity index is 1.83. The number of ether oxygens (including phenoxy) is 1. The Morgan fingerprint density at radius 2 is 2.17 bits per heavy atom. The number of methoxy groups -OCH3 is 1. The lowest BCUT2D eigenvalue weighted by Gasteiger charge is -2.22. The highest BCUT2D eigenvalue weighted by Crippen LogP contribution is 2.31. The van der Waals surface area contributed by atoms with Gasteiger partial charge in [-0.2, -0.15) is 0 Å². The van der Waals surface area contributed by atoms with Crippen molar-refractivity contribution in [2.24, 2.45) is 0 Å². The first-order valence-corrected chi connectivity index (χ1v) is 9.90. The second-order valence-corrected chi connectivity index (χ2v) is 7.57. The number of aryl methyl sites for hydroxylation is 1. The van der Waals surface area contributed by atoms with Crippen LogP contribution in [0.5, 0.6) is 5.75 Å². The van der Waals surface area contributed by atoms with Crippen molar-refractivity contribution in [3.63, 3.8) is 0 Å². The number of pyridine rings is 1. The largest absolute Gasteiger partial charge is 0.497 e. The lowest BCUT2D eigenvalue weighted by atomic mass is 10.1. The summed E-state index contributed by atoms with van der Waals surface area (Å²) in [5.41, 5.74) is 1.79. The van der Waals surface area contributed by atoms with Crippen LogP contribution in [0.25, 0.3) is 22.4 Å². The molecule has 152 valence electrons. The van der Waals surface area contributed by atoms with Crippen LogP contribution in [-0.2, 0) is 6.42 Å². The molecule has 1 aliphatic rings. The molecule has 1 fully saturated rings. The summed E-state index contributed by atoms with van der Waals surface area (Å²) < 4.78 is 11.1. The number of aromatic nitrogens is 2. The summed E-state index contributed by atoms with van der Waals surface area (Å²) >= 11 is 0. The zero-order valence-electron chi connectivity index (χ0n) is 17.3. The van der Waals surface area contributed by atoms with Gasteiger partial charge in [-0.25, -0.2) is 14.8 Å². The van der Waals surface area contributed by atoms with E-state index >= 15 is 0 Å². The predicted molar refractivity (Wildman–Crippen MR) is 114 cm³/mol.